The highest BCUT2D eigenvalue weighted by molar-refractivity contribution is 5.96. The Balaban J connectivity index is 1.16. The van der Waals surface area contributed by atoms with Gasteiger partial charge in [0.15, 0.2) is 6.61 Å². The van der Waals surface area contributed by atoms with Crippen LogP contribution in [0.2, 0.25) is 0 Å². The number of aliphatic carboxylic acids is 1. The number of oxime groups is 1. The summed E-state index contributed by atoms with van der Waals surface area (Å²) in [6.07, 6.45) is 15.6. The van der Waals surface area contributed by atoms with Crippen molar-refractivity contribution < 1.29 is 29.4 Å². The van der Waals surface area contributed by atoms with Crippen molar-refractivity contribution in [3.8, 4) is 12.3 Å². The molecular weight excluding hydrogens is 582 g/mol. The number of hydrogen-bond donors (Lipinski definition) is 4. The summed E-state index contributed by atoms with van der Waals surface area (Å²) in [6.45, 7) is 7.82. The third-order valence-corrected chi connectivity index (χ3v) is 11.9. The number of terminal acetylenes is 1. The molecule has 0 aliphatic heterocycles. The van der Waals surface area contributed by atoms with E-state index in [4.69, 9.17) is 11.3 Å². The summed E-state index contributed by atoms with van der Waals surface area (Å²) >= 11 is 0. The quantitative estimate of drug-likeness (QED) is 0.219. The minimum absolute atomic E-state index is 0.0731. The zero-order valence-electron chi connectivity index (χ0n) is 27.6. The molecule has 248 valence electrons. The normalized spacial score (nSPS) is 33.8. The minimum atomic E-state index is -1.15. The van der Waals surface area contributed by atoms with Crippen molar-refractivity contribution >= 4 is 23.5 Å². The molecule has 0 bridgehead atoms. The summed E-state index contributed by atoms with van der Waals surface area (Å²) in [5.74, 6) is 1.81. The molecule has 5 rings (SSSR count). The third kappa shape index (κ3) is 6.33. The average Bonchev–Trinajstić information content (AvgIpc) is 3.30. The summed E-state index contributed by atoms with van der Waals surface area (Å²) in [6, 6.07) is 7.02. The van der Waals surface area contributed by atoms with Crippen LogP contribution in [0.25, 0.3) is 0 Å². The molecule has 8 atom stereocenters. The molecule has 1 aromatic carbocycles. The largest absolute Gasteiger partial charge is 0.480 e. The second-order valence-corrected chi connectivity index (χ2v) is 14.7. The van der Waals surface area contributed by atoms with Crippen molar-refractivity contribution in [3.05, 3.63) is 47.5 Å². The number of allylic oxidation sites excluding steroid dienone is 2. The van der Waals surface area contributed by atoms with Crippen LogP contribution >= 0.6 is 0 Å². The Morgan fingerprint density at radius 3 is 2.43 bits per heavy atom. The lowest BCUT2D eigenvalue weighted by molar-refractivity contribution is -0.142. The number of rotatable bonds is 10. The predicted octanol–water partition coefficient (Wildman–Crippen LogP) is 4.64. The van der Waals surface area contributed by atoms with Crippen molar-refractivity contribution in [2.75, 3.05) is 6.61 Å². The van der Waals surface area contributed by atoms with Crippen LogP contribution in [-0.2, 0) is 25.6 Å². The first-order valence-electron chi connectivity index (χ1n) is 16.8. The third-order valence-electron chi connectivity index (χ3n) is 11.9. The molecule has 3 saturated carbocycles. The standard InChI is InChI=1S/C37H49N3O6/c1-6-37(45)19-16-29-27-13-12-25-21-26(14-17-35(25,4)28(27)15-18-36(29,37)5)40-46-22-31(41)39-32(23(2)3)33(42)38-30(34(43)44)20-24-10-8-7-9-11-24/h1,7-11,21,23,27-30,32,45H,12-20,22H2,2-5H3,(H,38,42)(H,39,41)(H,43,44)/t27-,28+,29-,30+,32+,35+,36+,37-/m1/s1. The van der Waals surface area contributed by atoms with E-state index in [0.717, 1.165) is 56.2 Å². The molecule has 0 unspecified atom stereocenters. The van der Waals surface area contributed by atoms with Crippen LogP contribution in [-0.4, -0.2) is 58.0 Å². The number of aliphatic hydroxyl groups is 1. The summed E-state index contributed by atoms with van der Waals surface area (Å²) < 4.78 is 0. The Labute approximate surface area is 272 Å². The van der Waals surface area contributed by atoms with E-state index in [0.29, 0.717) is 24.2 Å². The summed E-state index contributed by atoms with van der Waals surface area (Å²) in [7, 11) is 0. The van der Waals surface area contributed by atoms with Crippen molar-refractivity contribution in [2.45, 2.75) is 103 Å². The van der Waals surface area contributed by atoms with Gasteiger partial charge in [0.1, 0.15) is 17.7 Å². The summed E-state index contributed by atoms with van der Waals surface area (Å²) in [5, 5.41) is 30.5. The number of carbonyl (C=O) groups is 3. The number of carboxylic acid groups (broad SMARTS) is 1. The van der Waals surface area contributed by atoms with Crippen LogP contribution < -0.4 is 10.6 Å². The van der Waals surface area contributed by atoms with Crippen LogP contribution in [0.3, 0.4) is 0 Å². The zero-order valence-corrected chi connectivity index (χ0v) is 27.6. The number of fused-ring (bicyclic) bond motifs is 5. The topological polar surface area (TPSA) is 137 Å². The molecule has 0 aromatic heterocycles. The van der Waals surface area contributed by atoms with Crippen LogP contribution in [0.5, 0.6) is 0 Å². The number of amides is 2. The molecule has 0 heterocycles. The molecule has 4 aliphatic rings. The summed E-state index contributed by atoms with van der Waals surface area (Å²) in [4.78, 5) is 43.2. The van der Waals surface area contributed by atoms with Crippen LogP contribution in [0.4, 0.5) is 0 Å². The SMILES string of the molecule is C#C[C@@]1(O)CC[C@@H]2[C@@H]3CCC4=CC(=NOCC(=O)N[C@H](C(=O)N[C@@H](Cc5ccccc5)C(=O)O)C(C)C)CC[C@]4(C)[C@H]3CC[C@@]21C. The van der Waals surface area contributed by atoms with E-state index < -0.39 is 35.5 Å². The number of hydrogen-bond acceptors (Lipinski definition) is 6. The van der Waals surface area contributed by atoms with Gasteiger partial charge in [0.25, 0.3) is 5.91 Å². The van der Waals surface area contributed by atoms with Gasteiger partial charge >= 0.3 is 5.97 Å². The van der Waals surface area contributed by atoms with E-state index in [2.05, 4.69) is 41.6 Å². The van der Waals surface area contributed by atoms with Gasteiger partial charge in [-0.15, -0.1) is 6.42 Å². The fourth-order valence-electron chi connectivity index (χ4n) is 9.13. The first-order chi connectivity index (χ1) is 21.8. The molecule has 0 saturated heterocycles. The summed E-state index contributed by atoms with van der Waals surface area (Å²) in [5.41, 5.74) is 1.84. The average molecular weight is 632 g/mol. The van der Waals surface area contributed by atoms with Crippen molar-refractivity contribution in [1.29, 1.82) is 0 Å². The highest BCUT2D eigenvalue weighted by Gasteiger charge is 2.63. The first kappa shape index (κ1) is 33.7. The van der Waals surface area contributed by atoms with Crippen molar-refractivity contribution in [2.24, 2.45) is 39.7 Å². The van der Waals surface area contributed by atoms with Crippen LogP contribution in [0, 0.1) is 46.8 Å². The van der Waals surface area contributed by atoms with E-state index >= 15 is 0 Å². The van der Waals surface area contributed by atoms with E-state index in [9.17, 15) is 24.6 Å². The molecular formula is C37H49N3O6. The Morgan fingerprint density at radius 2 is 1.76 bits per heavy atom. The minimum Gasteiger partial charge on any atom is -0.480 e. The lowest BCUT2D eigenvalue weighted by atomic mass is 9.46. The number of carbonyl (C=O) groups excluding carboxylic acids is 2. The Hall–Kier alpha value is -3.64. The molecule has 4 N–H and O–H groups in total. The fraction of sp³-hybridized carbons (Fsp3) is 0.622. The Bertz CT molecular complexity index is 1430. The van der Waals surface area contributed by atoms with Crippen molar-refractivity contribution in [3.63, 3.8) is 0 Å². The number of nitrogens with one attached hydrogen (secondary N) is 2. The molecule has 2 amide bonds. The molecule has 9 heteroatoms. The molecule has 46 heavy (non-hydrogen) atoms. The fourth-order valence-corrected chi connectivity index (χ4v) is 9.13. The Morgan fingerprint density at radius 1 is 1.04 bits per heavy atom. The molecule has 1 aromatic rings. The monoisotopic (exact) mass is 631 g/mol. The highest BCUT2D eigenvalue weighted by atomic mass is 16.6. The Kier molecular flexibility index (Phi) is 9.70. The first-order valence-corrected chi connectivity index (χ1v) is 16.8. The van der Waals surface area contributed by atoms with E-state index in [-0.39, 0.29) is 29.8 Å². The number of nitrogens with zero attached hydrogens (tertiary/aromatic N) is 1. The van der Waals surface area contributed by atoms with E-state index in [1.807, 2.05) is 18.2 Å². The molecule has 4 aliphatic carbocycles. The van der Waals surface area contributed by atoms with Gasteiger partial charge < -0.3 is 25.7 Å². The second kappa shape index (κ2) is 13.2. The maximum Gasteiger partial charge on any atom is 0.326 e. The van der Waals surface area contributed by atoms with Crippen molar-refractivity contribution in [1.82, 2.24) is 10.6 Å². The lowest BCUT2D eigenvalue weighted by Crippen LogP contribution is -2.54. The number of carboxylic acids is 1. The highest BCUT2D eigenvalue weighted by Crippen LogP contribution is 2.67. The van der Waals surface area contributed by atoms with Crippen LogP contribution in [0.15, 0.2) is 47.1 Å². The van der Waals surface area contributed by atoms with Gasteiger partial charge in [-0.2, -0.15) is 0 Å². The number of benzene rings is 1. The predicted molar refractivity (Wildman–Crippen MR) is 175 cm³/mol. The molecule has 9 nitrogen and oxygen atoms in total. The van der Waals surface area contributed by atoms with Gasteiger partial charge in [-0.05, 0) is 92.1 Å². The van der Waals surface area contributed by atoms with Crippen LogP contribution in [0.1, 0.15) is 84.6 Å². The molecule has 0 radical (unpaired) electrons. The zero-order chi connectivity index (χ0) is 33.3. The smallest absolute Gasteiger partial charge is 0.326 e. The maximum atomic E-state index is 13.1. The van der Waals surface area contributed by atoms with Gasteiger partial charge in [0, 0.05) is 11.8 Å². The van der Waals surface area contributed by atoms with Gasteiger partial charge in [0.05, 0.1) is 5.71 Å². The van der Waals surface area contributed by atoms with E-state index in [1.54, 1.807) is 26.0 Å². The van der Waals surface area contributed by atoms with Gasteiger partial charge in [0.2, 0.25) is 5.91 Å². The molecule has 0 spiro atoms. The maximum absolute atomic E-state index is 13.1. The van der Waals surface area contributed by atoms with Gasteiger partial charge in [-0.25, -0.2) is 4.79 Å². The van der Waals surface area contributed by atoms with E-state index in [1.165, 1.54) is 5.57 Å². The van der Waals surface area contributed by atoms with Gasteiger partial charge in [-0.3, -0.25) is 9.59 Å². The van der Waals surface area contributed by atoms with Gasteiger partial charge in [-0.1, -0.05) is 74.7 Å². The lowest BCUT2D eigenvalue weighted by Gasteiger charge is -2.58. The second-order valence-electron chi connectivity index (χ2n) is 14.7. The molecule has 3 fully saturated rings.